The second-order valence-corrected chi connectivity index (χ2v) is 6.97. The first-order valence-electron chi connectivity index (χ1n) is 7.84. The fraction of sp³-hybridized carbons (Fsp3) is 0.750. The fourth-order valence-corrected chi connectivity index (χ4v) is 2.39. The molecule has 1 aromatic heterocycles. The molecule has 1 heterocycles. The second kappa shape index (κ2) is 6.50. The lowest BCUT2D eigenvalue weighted by atomic mass is 10.2. The average Bonchev–Trinajstić information content (AvgIpc) is 3.03. The third kappa shape index (κ3) is 5.40. The number of nitrogens with one attached hydrogen (secondary N) is 1. The molecule has 1 amide bonds. The van der Waals surface area contributed by atoms with Crippen LogP contribution in [0.25, 0.3) is 0 Å². The number of ether oxygens (including phenoxy) is 1. The summed E-state index contributed by atoms with van der Waals surface area (Å²) in [5.41, 5.74) is 0.547. The summed E-state index contributed by atoms with van der Waals surface area (Å²) in [6.45, 7) is 8.50. The van der Waals surface area contributed by atoms with Crippen LogP contribution in [0.4, 0.5) is 4.79 Å². The Kier molecular flexibility index (Phi) is 4.91. The molecular formula is C16H27N3O2. The van der Waals surface area contributed by atoms with E-state index >= 15 is 0 Å². The molecule has 0 unspecified atom stereocenters. The Morgan fingerprint density at radius 3 is 2.86 bits per heavy atom. The highest BCUT2D eigenvalue weighted by atomic mass is 16.6. The Labute approximate surface area is 127 Å². The van der Waals surface area contributed by atoms with Crippen molar-refractivity contribution in [2.45, 2.75) is 71.6 Å². The molecule has 0 aliphatic heterocycles. The van der Waals surface area contributed by atoms with Crippen LogP contribution in [0.2, 0.25) is 0 Å². The number of alkyl carbamates (subject to hydrolysis) is 1. The van der Waals surface area contributed by atoms with Gasteiger partial charge < -0.3 is 14.6 Å². The van der Waals surface area contributed by atoms with E-state index in [9.17, 15) is 4.79 Å². The number of hydrogen-bond donors (Lipinski definition) is 1. The van der Waals surface area contributed by atoms with Crippen molar-refractivity contribution >= 4 is 6.09 Å². The van der Waals surface area contributed by atoms with Crippen LogP contribution >= 0.6 is 0 Å². The topological polar surface area (TPSA) is 56.1 Å². The minimum absolute atomic E-state index is 0.108. The molecule has 0 aromatic carbocycles. The van der Waals surface area contributed by atoms with Gasteiger partial charge in [-0.15, -0.1) is 0 Å². The lowest BCUT2D eigenvalue weighted by Gasteiger charge is -2.22. The fourth-order valence-electron chi connectivity index (χ4n) is 2.39. The number of carbonyl (C=O) groups is 1. The predicted octanol–water partition coefficient (Wildman–Crippen LogP) is 3.66. The van der Waals surface area contributed by atoms with Gasteiger partial charge in [-0.2, -0.15) is 0 Å². The van der Waals surface area contributed by atoms with Gasteiger partial charge in [0.15, 0.2) is 0 Å². The van der Waals surface area contributed by atoms with Crippen LogP contribution in [0.1, 0.15) is 65.1 Å². The molecule has 1 aliphatic carbocycles. The van der Waals surface area contributed by atoms with E-state index in [1.54, 1.807) is 0 Å². The van der Waals surface area contributed by atoms with E-state index in [2.05, 4.69) is 14.9 Å². The molecule has 1 aliphatic rings. The molecule has 1 saturated carbocycles. The lowest BCUT2D eigenvalue weighted by Crippen LogP contribution is -2.34. The quantitative estimate of drug-likeness (QED) is 0.871. The summed E-state index contributed by atoms with van der Waals surface area (Å²) in [5, 5.41) is 2.87. The highest BCUT2D eigenvalue weighted by Crippen LogP contribution is 2.33. The van der Waals surface area contributed by atoms with E-state index in [1.807, 2.05) is 40.2 Å². The number of rotatable bonds is 6. The maximum absolute atomic E-state index is 11.8. The first-order chi connectivity index (χ1) is 9.85. The zero-order valence-corrected chi connectivity index (χ0v) is 13.6. The SMILES string of the molecule is C[C@@H](NC(=O)OC(C)(C)C)c1cncn1CCCC1CC1. The molecule has 118 valence electrons. The van der Waals surface area contributed by atoms with E-state index in [0.29, 0.717) is 0 Å². The Hall–Kier alpha value is -1.52. The van der Waals surface area contributed by atoms with Gasteiger partial charge in [0.1, 0.15) is 5.60 Å². The maximum atomic E-state index is 11.8. The molecule has 1 atom stereocenters. The summed E-state index contributed by atoms with van der Waals surface area (Å²) >= 11 is 0. The first-order valence-corrected chi connectivity index (χ1v) is 7.84. The van der Waals surface area contributed by atoms with Crippen LogP contribution in [0.5, 0.6) is 0 Å². The van der Waals surface area contributed by atoms with Crippen molar-refractivity contribution < 1.29 is 9.53 Å². The minimum Gasteiger partial charge on any atom is -0.444 e. The van der Waals surface area contributed by atoms with Gasteiger partial charge in [-0.1, -0.05) is 12.8 Å². The molecule has 5 heteroatoms. The van der Waals surface area contributed by atoms with Gasteiger partial charge in [-0.25, -0.2) is 9.78 Å². The monoisotopic (exact) mass is 293 g/mol. The van der Waals surface area contributed by atoms with Crippen LogP contribution in [0.3, 0.4) is 0 Å². The smallest absolute Gasteiger partial charge is 0.408 e. The average molecular weight is 293 g/mol. The van der Waals surface area contributed by atoms with Crippen molar-refractivity contribution in [2.24, 2.45) is 5.92 Å². The number of aromatic nitrogens is 2. The molecule has 5 nitrogen and oxygen atoms in total. The van der Waals surface area contributed by atoms with Gasteiger partial charge in [0.2, 0.25) is 0 Å². The van der Waals surface area contributed by atoms with Crippen molar-refractivity contribution in [1.82, 2.24) is 14.9 Å². The molecule has 1 fully saturated rings. The van der Waals surface area contributed by atoms with Crippen molar-refractivity contribution in [2.75, 3.05) is 0 Å². The van der Waals surface area contributed by atoms with Crippen LogP contribution in [-0.4, -0.2) is 21.2 Å². The first kappa shape index (κ1) is 15.9. The molecule has 0 bridgehead atoms. The summed E-state index contributed by atoms with van der Waals surface area (Å²) in [4.78, 5) is 16.0. The Morgan fingerprint density at radius 2 is 2.24 bits per heavy atom. The normalized spacial score (nSPS) is 16.6. The molecule has 0 radical (unpaired) electrons. The summed E-state index contributed by atoms with van der Waals surface area (Å²) in [5.74, 6) is 0.953. The van der Waals surface area contributed by atoms with E-state index in [1.165, 1.54) is 25.7 Å². The molecule has 1 aromatic rings. The van der Waals surface area contributed by atoms with Crippen molar-refractivity contribution in [3.05, 3.63) is 18.2 Å². The Morgan fingerprint density at radius 1 is 1.52 bits per heavy atom. The van der Waals surface area contributed by atoms with E-state index in [0.717, 1.165) is 18.2 Å². The summed E-state index contributed by atoms with van der Waals surface area (Å²) < 4.78 is 7.42. The van der Waals surface area contributed by atoms with E-state index in [4.69, 9.17) is 4.74 Å². The third-order valence-electron chi connectivity index (χ3n) is 3.63. The van der Waals surface area contributed by atoms with Crippen molar-refractivity contribution in [3.63, 3.8) is 0 Å². The molecule has 0 saturated heterocycles. The summed E-state index contributed by atoms with van der Waals surface area (Å²) in [7, 11) is 0. The van der Waals surface area contributed by atoms with Gasteiger partial charge in [0.05, 0.1) is 24.3 Å². The van der Waals surface area contributed by atoms with Crippen LogP contribution < -0.4 is 5.32 Å². The van der Waals surface area contributed by atoms with Gasteiger partial charge in [0, 0.05) is 6.54 Å². The lowest BCUT2D eigenvalue weighted by molar-refractivity contribution is 0.0506. The molecule has 0 spiro atoms. The highest BCUT2D eigenvalue weighted by Gasteiger charge is 2.21. The zero-order valence-electron chi connectivity index (χ0n) is 13.6. The Bertz CT molecular complexity index is 472. The minimum atomic E-state index is -0.478. The third-order valence-corrected chi connectivity index (χ3v) is 3.63. The molecule has 1 N–H and O–H groups in total. The number of carbonyl (C=O) groups excluding carboxylic acids is 1. The highest BCUT2D eigenvalue weighted by molar-refractivity contribution is 5.68. The summed E-state index contributed by atoms with van der Waals surface area (Å²) in [6.07, 6.45) is 8.54. The van der Waals surface area contributed by atoms with Crippen molar-refractivity contribution in [3.8, 4) is 0 Å². The van der Waals surface area contributed by atoms with Crippen LogP contribution in [-0.2, 0) is 11.3 Å². The standard InChI is InChI=1S/C16H27N3O2/c1-12(18-15(20)21-16(2,3)4)14-10-17-11-19(14)9-5-6-13-7-8-13/h10-13H,5-9H2,1-4H3,(H,18,20)/t12-/m1/s1. The Balaban J connectivity index is 1.84. The predicted molar refractivity (Wildman–Crippen MR) is 82.0 cm³/mol. The number of nitrogens with zero attached hydrogens (tertiary/aromatic N) is 2. The van der Waals surface area contributed by atoms with Crippen molar-refractivity contribution in [1.29, 1.82) is 0 Å². The zero-order chi connectivity index (χ0) is 15.5. The molecule has 21 heavy (non-hydrogen) atoms. The number of aryl methyl sites for hydroxylation is 1. The summed E-state index contributed by atoms with van der Waals surface area (Å²) in [6, 6.07) is -0.108. The van der Waals surface area contributed by atoms with Crippen LogP contribution in [0.15, 0.2) is 12.5 Å². The largest absolute Gasteiger partial charge is 0.444 e. The number of amides is 1. The van der Waals surface area contributed by atoms with Gasteiger partial charge in [0.25, 0.3) is 0 Å². The molecule has 2 rings (SSSR count). The van der Waals surface area contributed by atoms with Gasteiger partial charge in [-0.05, 0) is 46.5 Å². The number of hydrogen-bond acceptors (Lipinski definition) is 3. The maximum Gasteiger partial charge on any atom is 0.408 e. The second-order valence-electron chi connectivity index (χ2n) is 6.97. The number of imidazole rings is 1. The molecular weight excluding hydrogens is 266 g/mol. The van der Waals surface area contributed by atoms with Gasteiger partial charge in [-0.3, -0.25) is 0 Å². The van der Waals surface area contributed by atoms with E-state index < -0.39 is 5.60 Å². The van der Waals surface area contributed by atoms with Crippen LogP contribution in [0, 0.1) is 5.92 Å². The van der Waals surface area contributed by atoms with Gasteiger partial charge >= 0.3 is 6.09 Å². The van der Waals surface area contributed by atoms with E-state index in [-0.39, 0.29) is 12.1 Å².